The van der Waals surface area contributed by atoms with E-state index in [1.807, 2.05) is 25.5 Å². The minimum atomic E-state index is 0.0460. The van der Waals surface area contributed by atoms with Crippen molar-refractivity contribution in [3.63, 3.8) is 0 Å². The Morgan fingerprint density at radius 1 is 1.16 bits per heavy atom. The first-order valence-corrected chi connectivity index (χ1v) is 7.22. The van der Waals surface area contributed by atoms with Gasteiger partial charge in [0.15, 0.2) is 5.16 Å². The molecule has 4 nitrogen and oxygen atoms in total. The predicted molar refractivity (Wildman–Crippen MR) is 79.2 cm³/mol. The van der Waals surface area contributed by atoms with E-state index in [4.69, 9.17) is 5.73 Å². The van der Waals surface area contributed by atoms with Crippen LogP contribution in [0, 0.1) is 13.8 Å². The van der Waals surface area contributed by atoms with Crippen LogP contribution in [-0.4, -0.2) is 20.8 Å². The van der Waals surface area contributed by atoms with E-state index in [-0.39, 0.29) is 11.3 Å². The number of nitrogens with two attached hydrogens (primary N) is 1. The predicted octanol–water partition coefficient (Wildman–Crippen LogP) is 2.61. The van der Waals surface area contributed by atoms with Crippen LogP contribution in [0.3, 0.4) is 0 Å². The average molecular weight is 276 g/mol. The number of hydrogen-bond donors (Lipinski definition) is 1. The van der Waals surface area contributed by atoms with Crippen molar-refractivity contribution < 1.29 is 0 Å². The number of nitrogens with zero attached hydrogens (tertiary/aromatic N) is 3. The van der Waals surface area contributed by atoms with Gasteiger partial charge in [-0.05, 0) is 26.3 Å². The number of hydrogen-bond acceptors (Lipinski definition) is 4. The molecule has 2 atom stereocenters. The molecule has 5 heteroatoms. The van der Waals surface area contributed by atoms with Crippen LogP contribution in [0.1, 0.15) is 29.1 Å². The highest BCUT2D eigenvalue weighted by Crippen LogP contribution is 2.36. The fraction of sp³-hybridized carbons (Fsp3) is 0.429. The number of rotatable bonds is 4. The van der Waals surface area contributed by atoms with Gasteiger partial charge in [0.05, 0.1) is 5.25 Å². The van der Waals surface area contributed by atoms with Gasteiger partial charge in [-0.2, -0.15) is 0 Å². The second kappa shape index (κ2) is 5.75. The second-order valence-electron chi connectivity index (χ2n) is 4.90. The molecule has 0 saturated heterocycles. The lowest BCUT2D eigenvalue weighted by molar-refractivity contribution is 0.706. The van der Waals surface area contributed by atoms with Gasteiger partial charge in [-0.1, -0.05) is 41.6 Å². The Morgan fingerprint density at radius 3 is 2.26 bits per heavy atom. The largest absolute Gasteiger partial charge is 0.327 e. The van der Waals surface area contributed by atoms with Crippen LogP contribution in [-0.2, 0) is 7.05 Å². The highest BCUT2D eigenvalue weighted by molar-refractivity contribution is 7.99. The molecule has 102 valence electrons. The first-order chi connectivity index (χ1) is 8.99. The average Bonchev–Trinajstić information content (AvgIpc) is 2.68. The van der Waals surface area contributed by atoms with Crippen molar-refractivity contribution in [1.29, 1.82) is 0 Å². The maximum absolute atomic E-state index is 6.13. The Bertz CT molecular complexity index is 545. The van der Waals surface area contributed by atoms with Crippen LogP contribution in [0.5, 0.6) is 0 Å². The van der Waals surface area contributed by atoms with Crippen LogP contribution in [0.15, 0.2) is 29.4 Å². The van der Waals surface area contributed by atoms with Gasteiger partial charge < -0.3 is 10.3 Å². The van der Waals surface area contributed by atoms with Gasteiger partial charge >= 0.3 is 0 Å². The molecule has 0 bridgehead atoms. The summed E-state index contributed by atoms with van der Waals surface area (Å²) in [5.41, 5.74) is 8.62. The molecule has 0 spiro atoms. The summed E-state index contributed by atoms with van der Waals surface area (Å²) in [5, 5.41) is 9.37. The van der Waals surface area contributed by atoms with E-state index in [0.717, 1.165) is 11.0 Å². The molecule has 0 fully saturated rings. The van der Waals surface area contributed by atoms with Gasteiger partial charge in [0.25, 0.3) is 0 Å². The monoisotopic (exact) mass is 276 g/mol. The zero-order valence-electron chi connectivity index (χ0n) is 11.8. The van der Waals surface area contributed by atoms with Crippen molar-refractivity contribution in [1.82, 2.24) is 14.8 Å². The van der Waals surface area contributed by atoms with Crippen molar-refractivity contribution >= 4 is 11.8 Å². The smallest absolute Gasteiger partial charge is 0.191 e. The first kappa shape index (κ1) is 14.1. The van der Waals surface area contributed by atoms with Crippen molar-refractivity contribution in [2.24, 2.45) is 12.8 Å². The van der Waals surface area contributed by atoms with Crippen LogP contribution in [0.2, 0.25) is 0 Å². The highest BCUT2D eigenvalue weighted by Gasteiger charge is 2.20. The van der Waals surface area contributed by atoms with E-state index in [0.29, 0.717) is 0 Å². The third-order valence-corrected chi connectivity index (χ3v) is 4.69. The Kier molecular flexibility index (Phi) is 4.27. The van der Waals surface area contributed by atoms with E-state index < -0.39 is 0 Å². The Hall–Kier alpha value is -1.33. The molecular formula is C14H20N4S. The molecule has 2 aromatic rings. The Balaban J connectivity index is 2.26. The maximum Gasteiger partial charge on any atom is 0.191 e. The second-order valence-corrected chi connectivity index (χ2v) is 6.01. The summed E-state index contributed by atoms with van der Waals surface area (Å²) in [6.07, 6.45) is 0. The normalized spacial score (nSPS) is 14.4. The van der Waals surface area contributed by atoms with Crippen LogP contribution >= 0.6 is 11.8 Å². The van der Waals surface area contributed by atoms with Gasteiger partial charge in [-0.3, -0.25) is 0 Å². The van der Waals surface area contributed by atoms with E-state index in [1.165, 1.54) is 11.1 Å². The van der Waals surface area contributed by atoms with Crippen molar-refractivity contribution in [2.45, 2.75) is 37.2 Å². The molecule has 0 saturated carbocycles. The molecule has 2 unspecified atom stereocenters. The summed E-state index contributed by atoms with van der Waals surface area (Å²) in [6.45, 7) is 6.06. The van der Waals surface area contributed by atoms with Gasteiger partial charge in [0.1, 0.15) is 5.82 Å². The van der Waals surface area contributed by atoms with Crippen LogP contribution in [0.25, 0.3) is 0 Å². The Morgan fingerprint density at radius 2 is 1.79 bits per heavy atom. The standard InChI is InChI=1S/C14H20N4S/c1-9-5-7-12(8-6-9)13(10(2)15)19-14-17-16-11(3)18(14)4/h5-8,10,13H,15H2,1-4H3. The third-order valence-electron chi connectivity index (χ3n) is 3.17. The van der Waals surface area contributed by atoms with Crippen LogP contribution in [0.4, 0.5) is 0 Å². The molecule has 0 radical (unpaired) electrons. The number of benzene rings is 1. The third kappa shape index (κ3) is 3.16. The maximum atomic E-state index is 6.13. The first-order valence-electron chi connectivity index (χ1n) is 6.34. The molecule has 2 N–H and O–H groups in total. The highest BCUT2D eigenvalue weighted by atomic mass is 32.2. The van der Waals surface area contributed by atoms with E-state index in [1.54, 1.807) is 11.8 Å². The van der Waals surface area contributed by atoms with Gasteiger partial charge in [0.2, 0.25) is 0 Å². The molecule has 0 aliphatic carbocycles. The van der Waals surface area contributed by atoms with Gasteiger partial charge in [0, 0.05) is 13.1 Å². The molecule has 19 heavy (non-hydrogen) atoms. The summed E-state index contributed by atoms with van der Waals surface area (Å²) in [4.78, 5) is 0. The molecule has 2 rings (SSSR count). The van der Waals surface area contributed by atoms with Gasteiger partial charge in [-0.25, -0.2) is 0 Å². The lowest BCUT2D eigenvalue weighted by Gasteiger charge is -2.20. The number of aryl methyl sites for hydroxylation is 2. The van der Waals surface area contributed by atoms with Crippen molar-refractivity contribution in [2.75, 3.05) is 0 Å². The quantitative estimate of drug-likeness (QED) is 0.872. The zero-order chi connectivity index (χ0) is 14.0. The molecule has 1 aromatic heterocycles. The zero-order valence-corrected chi connectivity index (χ0v) is 12.6. The summed E-state index contributed by atoms with van der Waals surface area (Å²) < 4.78 is 1.99. The molecule has 0 aliphatic heterocycles. The van der Waals surface area contributed by atoms with Crippen molar-refractivity contribution in [3.05, 3.63) is 41.2 Å². The summed E-state index contributed by atoms with van der Waals surface area (Å²) >= 11 is 1.67. The van der Waals surface area contributed by atoms with E-state index in [2.05, 4.69) is 41.4 Å². The summed E-state index contributed by atoms with van der Waals surface area (Å²) in [6, 6.07) is 8.56. The topological polar surface area (TPSA) is 56.7 Å². The number of aromatic nitrogens is 3. The van der Waals surface area contributed by atoms with E-state index in [9.17, 15) is 0 Å². The molecule has 1 heterocycles. The molecule has 0 aliphatic rings. The minimum absolute atomic E-state index is 0.0460. The fourth-order valence-electron chi connectivity index (χ4n) is 1.84. The van der Waals surface area contributed by atoms with E-state index >= 15 is 0 Å². The van der Waals surface area contributed by atoms with Crippen LogP contribution < -0.4 is 5.73 Å². The van der Waals surface area contributed by atoms with Gasteiger partial charge in [-0.15, -0.1) is 10.2 Å². The lowest BCUT2D eigenvalue weighted by atomic mass is 10.1. The molecule has 1 aromatic carbocycles. The van der Waals surface area contributed by atoms with Crippen molar-refractivity contribution in [3.8, 4) is 0 Å². The summed E-state index contributed by atoms with van der Waals surface area (Å²) in [5.74, 6) is 0.912. The fourth-order valence-corrected chi connectivity index (χ4v) is 2.95. The Labute approximate surface area is 118 Å². The SMILES string of the molecule is Cc1ccc(C(Sc2nnc(C)n2C)C(C)N)cc1. The minimum Gasteiger partial charge on any atom is -0.327 e. The number of thioether (sulfide) groups is 1. The molecule has 0 amide bonds. The summed E-state index contributed by atoms with van der Waals surface area (Å²) in [7, 11) is 1.98. The molecular weight excluding hydrogens is 256 g/mol. The lowest BCUT2D eigenvalue weighted by Crippen LogP contribution is -2.23.